The van der Waals surface area contributed by atoms with Gasteiger partial charge >= 0.3 is 6.36 Å². The molecule has 1 fully saturated rings. The van der Waals surface area contributed by atoms with Crippen LogP contribution in [0.4, 0.5) is 30.5 Å². The molecule has 0 bridgehead atoms. The molecule has 1 saturated heterocycles. The van der Waals surface area contributed by atoms with E-state index >= 15 is 0 Å². The largest absolute Gasteiger partial charge is 0.573 e. The molecule has 3 heterocycles. The fourth-order valence-electron chi connectivity index (χ4n) is 3.91. The minimum atomic E-state index is -4.80. The number of benzene rings is 1. The van der Waals surface area contributed by atoms with Gasteiger partial charge in [-0.15, -0.1) is 13.2 Å². The molecular formula is C23H26F3N5O4. The molecule has 12 heteroatoms. The summed E-state index contributed by atoms with van der Waals surface area (Å²) >= 11 is 0. The van der Waals surface area contributed by atoms with Crippen LogP contribution in [0.25, 0.3) is 0 Å². The van der Waals surface area contributed by atoms with Gasteiger partial charge in [-0.2, -0.15) is 0 Å². The fraction of sp³-hybridized carbons (Fsp3) is 0.435. The number of piperazine rings is 1. The summed E-state index contributed by atoms with van der Waals surface area (Å²) in [4.78, 5) is 36.0. The highest BCUT2D eigenvalue weighted by Crippen LogP contribution is 2.32. The number of carbonyl (C=O) groups excluding carboxylic acids is 2. The summed E-state index contributed by atoms with van der Waals surface area (Å²) in [6.45, 7) is 4.87. The Morgan fingerprint density at radius 3 is 2.37 bits per heavy atom. The van der Waals surface area contributed by atoms with E-state index in [4.69, 9.17) is 4.74 Å². The molecular weight excluding hydrogens is 467 g/mol. The molecule has 0 saturated carbocycles. The van der Waals surface area contributed by atoms with Crippen LogP contribution < -0.4 is 24.6 Å². The average molecular weight is 493 g/mol. The van der Waals surface area contributed by atoms with Gasteiger partial charge in [-0.1, -0.05) is 6.92 Å². The molecule has 4 rings (SSSR count). The number of carbonyl (C=O) groups is 2. The fourth-order valence-corrected chi connectivity index (χ4v) is 3.91. The lowest BCUT2D eigenvalue weighted by atomic mass is 10.2. The second-order valence-corrected chi connectivity index (χ2v) is 8.34. The van der Waals surface area contributed by atoms with Crippen LogP contribution >= 0.6 is 0 Å². The van der Waals surface area contributed by atoms with Gasteiger partial charge in [-0.05, 0) is 49.9 Å². The van der Waals surface area contributed by atoms with Gasteiger partial charge in [0, 0.05) is 26.2 Å². The summed E-state index contributed by atoms with van der Waals surface area (Å²) < 4.78 is 46.8. The van der Waals surface area contributed by atoms with Crippen molar-refractivity contribution in [3.05, 3.63) is 36.4 Å². The maximum absolute atomic E-state index is 13.4. The Morgan fingerprint density at radius 2 is 1.74 bits per heavy atom. The highest BCUT2D eigenvalue weighted by Gasteiger charge is 2.34. The highest BCUT2D eigenvalue weighted by atomic mass is 19.4. The van der Waals surface area contributed by atoms with Crippen molar-refractivity contribution in [2.45, 2.75) is 25.8 Å². The monoisotopic (exact) mass is 493 g/mol. The van der Waals surface area contributed by atoms with Gasteiger partial charge in [0.05, 0.1) is 5.69 Å². The van der Waals surface area contributed by atoms with Crippen LogP contribution in [-0.2, 0) is 9.59 Å². The molecule has 188 valence electrons. The molecule has 9 nitrogen and oxygen atoms in total. The standard InChI is InChI=1S/C23H26F3N5O4/c1-3-18(34-15-4-6-16(7-5-15)35-23(24,25)26)22(33)31-14-20(32)27-17-8-9-19(28-21(17)31)30-12-10-29(2)11-13-30/h4-9,18H,3,10-14H2,1-2H3,(H,27,32). The number of rotatable bonds is 6. The molecule has 1 atom stereocenters. The van der Waals surface area contributed by atoms with E-state index in [0.29, 0.717) is 17.3 Å². The molecule has 0 radical (unpaired) electrons. The van der Waals surface area contributed by atoms with Gasteiger partial charge in [0.1, 0.15) is 23.9 Å². The maximum atomic E-state index is 13.4. The second-order valence-electron chi connectivity index (χ2n) is 8.34. The van der Waals surface area contributed by atoms with Gasteiger partial charge in [0.15, 0.2) is 11.9 Å². The Morgan fingerprint density at radius 1 is 1.09 bits per heavy atom. The van der Waals surface area contributed by atoms with Gasteiger partial charge in [0.2, 0.25) is 5.91 Å². The van der Waals surface area contributed by atoms with Crippen molar-refractivity contribution in [2.75, 3.05) is 54.9 Å². The molecule has 2 aliphatic heterocycles. The van der Waals surface area contributed by atoms with E-state index in [1.54, 1.807) is 13.0 Å². The SMILES string of the molecule is CCC(Oc1ccc(OC(F)(F)F)cc1)C(=O)N1CC(=O)Nc2ccc(N3CCN(C)CC3)nc21. The summed E-state index contributed by atoms with van der Waals surface area (Å²) in [6.07, 6.45) is -5.51. The molecule has 2 amide bonds. The van der Waals surface area contributed by atoms with Crippen molar-refractivity contribution in [2.24, 2.45) is 0 Å². The number of nitrogens with one attached hydrogen (secondary N) is 1. The van der Waals surface area contributed by atoms with E-state index < -0.39 is 24.1 Å². The number of ether oxygens (including phenoxy) is 2. The molecule has 0 aliphatic carbocycles. The number of nitrogens with zero attached hydrogens (tertiary/aromatic N) is 4. The highest BCUT2D eigenvalue weighted by molar-refractivity contribution is 6.10. The number of hydrogen-bond donors (Lipinski definition) is 1. The number of hydrogen-bond acceptors (Lipinski definition) is 7. The Balaban J connectivity index is 1.53. The molecule has 1 unspecified atom stereocenters. The minimum Gasteiger partial charge on any atom is -0.481 e. The van der Waals surface area contributed by atoms with Crippen LogP contribution in [0.3, 0.4) is 0 Å². The van der Waals surface area contributed by atoms with Crippen LogP contribution in [0.2, 0.25) is 0 Å². The van der Waals surface area contributed by atoms with Crippen LogP contribution in [-0.4, -0.2) is 73.9 Å². The molecule has 2 aliphatic rings. The van der Waals surface area contributed by atoms with Crippen LogP contribution in [0, 0.1) is 0 Å². The van der Waals surface area contributed by atoms with Crippen LogP contribution in [0.1, 0.15) is 13.3 Å². The first-order chi connectivity index (χ1) is 16.6. The zero-order valence-electron chi connectivity index (χ0n) is 19.3. The maximum Gasteiger partial charge on any atom is 0.573 e. The van der Waals surface area contributed by atoms with Gasteiger partial charge in [0.25, 0.3) is 5.91 Å². The molecule has 1 N–H and O–H groups in total. The van der Waals surface area contributed by atoms with Gasteiger partial charge in [-0.25, -0.2) is 4.98 Å². The topological polar surface area (TPSA) is 87.2 Å². The number of aromatic nitrogens is 1. The first-order valence-electron chi connectivity index (χ1n) is 11.2. The van der Waals surface area contributed by atoms with Gasteiger partial charge < -0.3 is 24.6 Å². The summed E-state index contributed by atoms with van der Waals surface area (Å²) in [5.41, 5.74) is 0.427. The van der Waals surface area contributed by atoms with E-state index in [1.165, 1.54) is 17.0 Å². The number of fused-ring (bicyclic) bond motifs is 1. The number of anilines is 3. The minimum absolute atomic E-state index is 0.195. The summed E-state index contributed by atoms with van der Waals surface area (Å²) in [5, 5.41) is 2.74. The Bertz CT molecular complexity index is 1070. The van der Waals surface area contributed by atoms with Gasteiger partial charge in [-0.3, -0.25) is 14.5 Å². The zero-order valence-corrected chi connectivity index (χ0v) is 19.3. The smallest absolute Gasteiger partial charge is 0.481 e. The molecule has 1 aromatic carbocycles. The van der Waals surface area contributed by atoms with E-state index in [1.807, 2.05) is 6.07 Å². The number of likely N-dealkylation sites (N-methyl/N-ethyl adjacent to an activating group) is 1. The summed E-state index contributed by atoms with van der Waals surface area (Å²) in [6, 6.07) is 8.33. The molecule has 2 aromatic rings. The lowest BCUT2D eigenvalue weighted by Gasteiger charge is -2.35. The first-order valence-corrected chi connectivity index (χ1v) is 11.2. The summed E-state index contributed by atoms with van der Waals surface area (Å²) in [5.74, 6) is 0.0137. The van der Waals surface area contributed by atoms with E-state index in [9.17, 15) is 22.8 Å². The van der Waals surface area contributed by atoms with Crippen molar-refractivity contribution in [1.82, 2.24) is 9.88 Å². The number of amides is 2. The molecule has 1 aromatic heterocycles. The Kier molecular flexibility index (Phi) is 7.01. The Labute approximate surface area is 200 Å². The average Bonchev–Trinajstić information content (AvgIpc) is 2.82. The normalized spacial score (nSPS) is 17.5. The Hall–Kier alpha value is -3.54. The number of halogens is 3. The zero-order chi connectivity index (χ0) is 25.2. The predicted octanol–water partition coefficient (Wildman–Crippen LogP) is 2.87. The van der Waals surface area contributed by atoms with Crippen LogP contribution in [0.5, 0.6) is 11.5 Å². The number of pyridine rings is 1. The quantitative estimate of drug-likeness (QED) is 0.662. The van der Waals surface area contributed by atoms with E-state index in [0.717, 1.165) is 38.3 Å². The van der Waals surface area contributed by atoms with Crippen molar-refractivity contribution in [3.8, 4) is 11.5 Å². The first kappa shape index (κ1) is 24.6. The third-order valence-corrected chi connectivity index (χ3v) is 5.77. The van der Waals surface area contributed by atoms with Crippen molar-refractivity contribution < 1.29 is 32.2 Å². The molecule has 35 heavy (non-hydrogen) atoms. The third kappa shape index (κ3) is 5.94. The summed E-state index contributed by atoms with van der Waals surface area (Å²) in [7, 11) is 2.05. The predicted molar refractivity (Wildman–Crippen MR) is 123 cm³/mol. The second kappa shape index (κ2) is 9.98. The molecule has 0 spiro atoms. The van der Waals surface area contributed by atoms with E-state index in [2.05, 4.69) is 31.9 Å². The lowest BCUT2D eigenvalue weighted by molar-refractivity contribution is -0.274. The van der Waals surface area contributed by atoms with Crippen molar-refractivity contribution >= 4 is 29.1 Å². The van der Waals surface area contributed by atoms with Crippen LogP contribution in [0.15, 0.2) is 36.4 Å². The number of alkyl halides is 3. The third-order valence-electron chi connectivity index (χ3n) is 5.77. The van der Waals surface area contributed by atoms with Crippen molar-refractivity contribution in [1.29, 1.82) is 0 Å². The lowest BCUT2D eigenvalue weighted by Crippen LogP contribution is -2.49. The van der Waals surface area contributed by atoms with Crippen molar-refractivity contribution in [3.63, 3.8) is 0 Å². The van der Waals surface area contributed by atoms with E-state index in [-0.39, 0.29) is 24.6 Å².